The van der Waals surface area contributed by atoms with E-state index in [0.29, 0.717) is 17.4 Å². The van der Waals surface area contributed by atoms with Gasteiger partial charge >= 0.3 is 0 Å². The summed E-state index contributed by atoms with van der Waals surface area (Å²) in [5, 5.41) is 5.68. The van der Waals surface area contributed by atoms with E-state index in [0.717, 1.165) is 16.8 Å². The molecule has 0 fully saturated rings. The maximum atomic E-state index is 12.4. The van der Waals surface area contributed by atoms with Crippen molar-refractivity contribution in [2.24, 2.45) is 0 Å². The molecule has 0 aliphatic heterocycles. The van der Waals surface area contributed by atoms with E-state index in [2.05, 4.69) is 24.5 Å². The smallest absolute Gasteiger partial charge is 0.291 e. The summed E-state index contributed by atoms with van der Waals surface area (Å²) in [7, 11) is 0. The summed E-state index contributed by atoms with van der Waals surface area (Å²) in [4.78, 5) is 24.3. The minimum Gasteiger partial charge on any atom is -0.484 e. The number of anilines is 2. The third-order valence-corrected chi connectivity index (χ3v) is 4.42. The van der Waals surface area contributed by atoms with Gasteiger partial charge in [-0.05, 0) is 60.4 Å². The summed E-state index contributed by atoms with van der Waals surface area (Å²) in [6.45, 7) is 6.04. The topological polar surface area (TPSA) is 80.6 Å². The molecular formula is C23H24N2O4. The van der Waals surface area contributed by atoms with Crippen LogP contribution >= 0.6 is 0 Å². The second-order valence-electron chi connectivity index (χ2n) is 6.99. The van der Waals surface area contributed by atoms with Gasteiger partial charge in [0.15, 0.2) is 12.4 Å². The summed E-state index contributed by atoms with van der Waals surface area (Å²) in [6.07, 6.45) is 1.44. The third kappa shape index (κ3) is 5.25. The summed E-state index contributed by atoms with van der Waals surface area (Å²) >= 11 is 0. The number of amides is 2. The van der Waals surface area contributed by atoms with Crippen molar-refractivity contribution in [1.82, 2.24) is 0 Å². The van der Waals surface area contributed by atoms with E-state index in [1.807, 2.05) is 25.1 Å². The third-order valence-electron chi connectivity index (χ3n) is 4.42. The Morgan fingerprint density at radius 2 is 1.76 bits per heavy atom. The molecule has 2 amide bonds. The van der Waals surface area contributed by atoms with Gasteiger partial charge < -0.3 is 19.8 Å². The van der Waals surface area contributed by atoms with Gasteiger partial charge in [-0.2, -0.15) is 0 Å². The molecule has 2 N–H and O–H groups in total. The maximum Gasteiger partial charge on any atom is 0.291 e. The van der Waals surface area contributed by atoms with E-state index in [9.17, 15) is 9.59 Å². The molecule has 3 rings (SSSR count). The van der Waals surface area contributed by atoms with Gasteiger partial charge in [-0.3, -0.25) is 9.59 Å². The highest BCUT2D eigenvalue weighted by Crippen LogP contribution is 2.27. The molecule has 0 saturated carbocycles. The lowest BCUT2D eigenvalue weighted by molar-refractivity contribution is -0.118. The van der Waals surface area contributed by atoms with Crippen molar-refractivity contribution in [1.29, 1.82) is 0 Å². The quantitative estimate of drug-likeness (QED) is 0.594. The van der Waals surface area contributed by atoms with Gasteiger partial charge in [0.05, 0.1) is 6.26 Å². The number of aryl methyl sites for hydroxylation is 1. The minimum atomic E-state index is -0.331. The fraction of sp³-hybridized carbons (Fsp3) is 0.217. The maximum absolute atomic E-state index is 12.4. The number of benzene rings is 2. The molecule has 1 heterocycles. The Balaban J connectivity index is 1.55. The first kappa shape index (κ1) is 20.2. The largest absolute Gasteiger partial charge is 0.484 e. The molecule has 3 aromatic rings. The summed E-state index contributed by atoms with van der Waals surface area (Å²) in [6, 6.07) is 16.0. The molecule has 0 aliphatic rings. The lowest BCUT2D eigenvalue weighted by Crippen LogP contribution is -2.21. The Morgan fingerprint density at radius 3 is 2.41 bits per heavy atom. The van der Waals surface area contributed by atoms with Gasteiger partial charge in [-0.15, -0.1) is 0 Å². The average Bonchev–Trinajstić information content (AvgIpc) is 3.24. The Bertz CT molecular complexity index is 977. The number of furan rings is 1. The molecule has 0 saturated heterocycles. The summed E-state index contributed by atoms with van der Waals surface area (Å²) in [5.41, 5.74) is 3.55. The lowest BCUT2D eigenvalue weighted by Gasteiger charge is -2.16. The van der Waals surface area contributed by atoms with Gasteiger partial charge in [0, 0.05) is 11.4 Å². The monoisotopic (exact) mass is 392 g/mol. The van der Waals surface area contributed by atoms with Crippen LogP contribution in [-0.4, -0.2) is 18.4 Å². The number of hydrogen-bond donors (Lipinski definition) is 2. The molecule has 2 aromatic carbocycles. The highest BCUT2D eigenvalue weighted by atomic mass is 16.5. The highest BCUT2D eigenvalue weighted by Gasteiger charge is 2.13. The first-order valence-electron chi connectivity index (χ1n) is 9.41. The molecule has 0 bridgehead atoms. The molecule has 6 heteroatoms. The van der Waals surface area contributed by atoms with E-state index < -0.39 is 0 Å². The molecular weight excluding hydrogens is 368 g/mol. The van der Waals surface area contributed by atoms with Crippen molar-refractivity contribution in [2.75, 3.05) is 17.2 Å². The van der Waals surface area contributed by atoms with Crippen LogP contribution < -0.4 is 15.4 Å². The molecule has 0 radical (unpaired) electrons. The van der Waals surface area contributed by atoms with Crippen LogP contribution in [0.2, 0.25) is 0 Å². The van der Waals surface area contributed by atoms with Crippen LogP contribution in [0.3, 0.4) is 0 Å². The Hall–Kier alpha value is -3.54. The zero-order chi connectivity index (χ0) is 20.8. The van der Waals surface area contributed by atoms with E-state index in [4.69, 9.17) is 9.15 Å². The molecule has 0 unspecified atom stereocenters. The van der Waals surface area contributed by atoms with Crippen LogP contribution in [-0.2, 0) is 4.79 Å². The van der Waals surface area contributed by atoms with Gasteiger partial charge in [-0.25, -0.2) is 0 Å². The standard InChI is InChI=1S/C23H24N2O4/c1-15(2)19-7-4-6-16(3)22(19)25-21(26)14-29-18-11-9-17(10-12-18)24-23(27)20-8-5-13-28-20/h4-13,15H,14H2,1-3H3,(H,24,27)(H,25,26). The van der Waals surface area contributed by atoms with Crippen molar-refractivity contribution in [3.8, 4) is 5.75 Å². The van der Waals surface area contributed by atoms with Crippen LogP contribution in [0.25, 0.3) is 0 Å². The minimum absolute atomic E-state index is 0.107. The fourth-order valence-electron chi connectivity index (χ4n) is 2.90. The Morgan fingerprint density at radius 1 is 1.00 bits per heavy atom. The first-order chi connectivity index (χ1) is 13.9. The molecule has 0 atom stereocenters. The second kappa shape index (κ2) is 9.10. The predicted molar refractivity (Wildman–Crippen MR) is 112 cm³/mol. The number of rotatable bonds is 7. The van der Waals surface area contributed by atoms with Crippen molar-refractivity contribution >= 4 is 23.2 Å². The molecule has 29 heavy (non-hydrogen) atoms. The van der Waals surface area contributed by atoms with Crippen LogP contribution in [0.4, 0.5) is 11.4 Å². The molecule has 150 valence electrons. The van der Waals surface area contributed by atoms with Crippen molar-refractivity contribution in [3.63, 3.8) is 0 Å². The molecule has 1 aromatic heterocycles. The zero-order valence-electron chi connectivity index (χ0n) is 16.7. The van der Waals surface area contributed by atoms with E-state index in [-0.39, 0.29) is 24.2 Å². The van der Waals surface area contributed by atoms with Crippen LogP contribution in [0.1, 0.15) is 41.4 Å². The van der Waals surface area contributed by atoms with Gasteiger partial charge in [0.25, 0.3) is 11.8 Å². The summed E-state index contributed by atoms with van der Waals surface area (Å²) in [5.74, 6) is 0.512. The zero-order valence-corrected chi connectivity index (χ0v) is 16.7. The van der Waals surface area contributed by atoms with Crippen molar-refractivity contribution in [3.05, 3.63) is 77.7 Å². The number of nitrogens with one attached hydrogen (secondary N) is 2. The van der Waals surface area contributed by atoms with Crippen LogP contribution in [0, 0.1) is 6.92 Å². The molecule has 0 spiro atoms. The van der Waals surface area contributed by atoms with E-state index >= 15 is 0 Å². The van der Waals surface area contributed by atoms with E-state index in [1.54, 1.807) is 36.4 Å². The Labute approximate surface area is 169 Å². The Kier molecular flexibility index (Phi) is 6.34. The lowest BCUT2D eigenvalue weighted by atomic mass is 9.98. The predicted octanol–water partition coefficient (Wildman–Crippen LogP) is 4.98. The van der Waals surface area contributed by atoms with Crippen molar-refractivity contribution in [2.45, 2.75) is 26.7 Å². The van der Waals surface area contributed by atoms with Crippen molar-refractivity contribution < 1.29 is 18.7 Å². The number of hydrogen-bond acceptors (Lipinski definition) is 4. The number of carbonyl (C=O) groups excluding carboxylic acids is 2. The second-order valence-corrected chi connectivity index (χ2v) is 6.99. The van der Waals surface area contributed by atoms with Crippen LogP contribution in [0.5, 0.6) is 5.75 Å². The van der Waals surface area contributed by atoms with Crippen LogP contribution in [0.15, 0.2) is 65.3 Å². The van der Waals surface area contributed by atoms with Gasteiger partial charge in [0.1, 0.15) is 5.75 Å². The SMILES string of the molecule is Cc1cccc(C(C)C)c1NC(=O)COc1ccc(NC(=O)c2ccco2)cc1. The first-order valence-corrected chi connectivity index (χ1v) is 9.41. The average molecular weight is 392 g/mol. The molecule has 0 aliphatic carbocycles. The van der Waals surface area contributed by atoms with Gasteiger partial charge in [0.2, 0.25) is 0 Å². The number of ether oxygens (including phenoxy) is 1. The number of para-hydroxylation sites is 1. The number of carbonyl (C=O) groups is 2. The highest BCUT2D eigenvalue weighted by molar-refractivity contribution is 6.02. The fourth-order valence-corrected chi connectivity index (χ4v) is 2.90. The summed E-state index contributed by atoms with van der Waals surface area (Å²) < 4.78 is 10.6. The molecule has 6 nitrogen and oxygen atoms in total. The van der Waals surface area contributed by atoms with Gasteiger partial charge in [-0.1, -0.05) is 32.0 Å². The van der Waals surface area contributed by atoms with E-state index in [1.165, 1.54) is 6.26 Å². The normalized spacial score (nSPS) is 10.6.